The molecule has 0 spiro atoms. The first-order valence-electron chi connectivity index (χ1n) is 8.78. The number of hydrogen-bond donors (Lipinski definition) is 0. The van der Waals surface area contributed by atoms with Crippen LogP contribution in [0.2, 0.25) is 5.02 Å². The predicted molar refractivity (Wildman–Crippen MR) is 107 cm³/mol. The summed E-state index contributed by atoms with van der Waals surface area (Å²) in [6, 6.07) is 9.41. The number of hydrogen-bond acceptors (Lipinski definition) is 5. The zero-order valence-electron chi connectivity index (χ0n) is 14.5. The van der Waals surface area contributed by atoms with Crippen LogP contribution >= 0.6 is 22.9 Å². The van der Waals surface area contributed by atoms with Crippen LogP contribution in [-0.2, 0) is 4.79 Å². The Balaban J connectivity index is 1.43. The van der Waals surface area contributed by atoms with Crippen LogP contribution < -0.4 is 0 Å². The van der Waals surface area contributed by atoms with E-state index >= 15 is 0 Å². The molecule has 0 radical (unpaired) electrons. The van der Waals surface area contributed by atoms with E-state index in [4.69, 9.17) is 16.0 Å². The normalized spacial score (nSPS) is 17.5. The van der Waals surface area contributed by atoms with Crippen LogP contribution in [-0.4, -0.2) is 34.1 Å². The molecule has 1 fully saturated rings. The summed E-state index contributed by atoms with van der Waals surface area (Å²) < 4.78 is 5.85. The molecule has 1 amide bonds. The van der Waals surface area contributed by atoms with Gasteiger partial charge in [0.1, 0.15) is 0 Å². The van der Waals surface area contributed by atoms with Crippen LogP contribution in [0.1, 0.15) is 30.2 Å². The van der Waals surface area contributed by atoms with Gasteiger partial charge in [-0.05, 0) is 42.0 Å². The van der Waals surface area contributed by atoms with Crippen molar-refractivity contribution >= 4 is 34.9 Å². The van der Waals surface area contributed by atoms with Gasteiger partial charge in [-0.2, -0.15) is 11.3 Å². The van der Waals surface area contributed by atoms with Crippen LogP contribution in [0.5, 0.6) is 0 Å². The summed E-state index contributed by atoms with van der Waals surface area (Å²) in [5.41, 5.74) is 1.77. The molecule has 0 bridgehead atoms. The molecule has 0 aliphatic carbocycles. The molecule has 1 aliphatic rings. The highest BCUT2D eigenvalue weighted by molar-refractivity contribution is 7.08. The number of likely N-dealkylation sites (tertiary alicyclic amines) is 1. The van der Waals surface area contributed by atoms with Gasteiger partial charge in [-0.3, -0.25) is 4.79 Å². The molecule has 0 saturated carbocycles. The zero-order chi connectivity index (χ0) is 18.6. The molecule has 0 N–H and O–H groups in total. The van der Waals surface area contributed by atoms with Gasteiger partial charge in [0, 0.05) is 35.1 Å². The molecule has 1 unspecified atom stereocenters. The molecular weight excluding hydrogens is 382 g/mol. The van der Waals surface area contributed by atoms with E-state index in [2.05, 4.69) is 10.2 Å². The fourth-order valence-corrected chi connectivity index (χ4v) is 3.99. The summed E-state index contributed by atoms with van der Waals surface area (Å²) in [4.78, 5) is 14.4. The summed E-state index contributed by atoms with van der Waals surface area (Å²) in [6.07, 6.45) is 5.18. The van der Waals surface area contributed by atoms with E-state index < -0.39 is 0 Å². The number of halogens is 1. The number of thiophene rings is 1. The fraction of sp³-hybridized carbons (Fsp3) is 0.250. The average molecular weight is 400 g/mol. The van der Waals surface area contributed by atoms with Crippen molar-refractivity contribution in [2.45, 2.75) is 18.8 Å². The monoisotopic (exact) mass is 399 g/mol. The lowest BCUT2D eigenvalue weighted by Crippen LogP contribution is -2.38. The Kier molecular flexibility index (Phi) is 5.36. The Hall–Kier alpha value is -2.44. The van der Waals surface area contributed by atoms with Gasteiger partial charge in [-0.1, -0.05) is 29.8 Å². The predicted octanol–water partition coefficient (Wildman–Crippen LogP) is 4.87. The lowest BCUT2D eigenvalue weighted by atomic mass is 9.98. The van der Waals surface area contributed by atoms with Gasteiger partial charge in [0.2, 0.25) is 17.7 Å². The van der Waals surface area contributed by atoms with Gasteiger partial charge in [0.25, 0.3) is 0 Å². The first kappa shape index (κ1) is 17.9. The van der Waals surface area contributed by atoms with Crippen LogP contribution in [0.25, 0.3) is 17.5 Å². The third-order valence-electron chi connectivity index (χ3n) is 4.60. The maximum absolute atomic E-state index is 12.6. The second-order valence-corrected chi connectivity index (χ2v) is 7.62. The van der Waals surface area contributed by atoms with E-state index in [1.165, 1.54) is 0 Å². The van der Waals surface area contributed by atoms with Crippen molar-refractivity contribution in [3.63, 3.8) is 0 Å². The minimum Gasteiger partial charge on any atom is -0.420 e. The van der Waals surface area contributed by atoms with Crippen LogP contribution in [0, 0.1) is 0 Å². The van der Waals surface area contributed by atoms with Crippen molar-refractivity contribution < 1.29 is 9.21 Å². The third kappa shape index (κ3) is 4.12. The van der Waals surface area contributed by atoms with Crippen LogP contribution in [0.3, 0.4) is 0 Å². The zero-order valence-corrected chi connectivity index (χ0v) is 16.1. The summed E-state index contributed by atoms with van der Waals surface area (Å²) in [5.74, 6) is 1.17. The third-order valence-corrected chi connectivity index (χ3v) is 5.63. The number of piperidine rings is 1. The summed E-state index contributed by atoms with van der Waals surface area (Å²) in [7, 11) is 0. The average Bonchev–Trinajstić information content (AvgIpc) is 3.39. The van der Waals surface area contributed by atoms with Gasteiger partial charge in [-0.15, -0.1) is 10.2 Å². The van der Waals surface area contributed by atoms with E-state index in [1.54, 1.807) is 23.5 Å². The summed E-state index contributed by atoms with van der Waals surface area (Å²) in [6.45, 7) is 1.31. The largest absolute Gasteiger partial charge is 0.420 e. The second kappa shape index (κ2) is 8.06. The van der Waals surface area contributed by atoms with E-state index in [0.29, 0.717) is 23.3 Å². The van der Waals surface area contributed by atoms with E-state index in [-0.39, 0.29) is 11.8 Å². The molecule has 1 aliphatic heterocycles. The molecule has 1 atom stereocenters. The van der Waals surface area contributed by atoms with Gasteiger partial charge in [0.05, 0.1) is 5.92 Å². The van der Waals surface area contributed by atoms with Gasteiger partial charge >= 0.3 is 0 Å². The Morgan fingerprint density at radius 2 is 2.19 bits per heavy atom. The number of amides is 1. The molecule has 5 nitrogen and oxygen atoms in total. The van der Waals surface area contributed by atoms with Crippen LogP contribution in [0.4, 0.5) is 0 Å². The van der Waals surface area contributed by atoms with Crippen molar-refractivity contribution in [2.24, 2.45) is 0 Å². The first-order chi connectivity index (χ1) is 13.2. The highest BCUT2D eigenvalue weighted by Crippen LogP contribution is 2.29. The number of nitrogens with zero attached hydrogens (tertiary/aromatic N) is 3. The minimum absolute atomic E-state index is 0.0304. The van der Waals surface area contributed by atoms with Crippen LogP contribution in [0.15, 0.2) is 51.6 Å². The SMILES string of the molecule is O=C(/C=C/c1ccccc1Cl)N1CCCC(c2nnc(-c3ccsc3)o2)C1. The van der Waals surface area contributed by atoms with Crippen molar-refractivity contribution in [1.82, 2.24) is 15.1 Å². The molecule has 4 rings (SSSR count). The number of rotatable bonds is 4. The number of carbonyl (C=O) groups excluding carboxylic acids is 1. The molecule has 138 valence electrons. The quantitative estimate of drug-likeness (QED) is 0.587. The molecular formula is C20H18ClN3O2S. The van der Waals surface area contributed by atoms with E-state index in [1.807, 2.05) is 46.0 Å². The van der Waals surface area contributed by atoms with E-state index in [0.717, 1.165) is 30.5 Å². The smallest absolute Gasteiger partial charge is 0.248 e. The number of carbonyl (C=O) groups is 1. The highest BCUT2D eigenvalue weighted by Gasteiger charge is 2.27. The minimum atomic E-state index is -0.0304. The molecule has 2 aromatic heterocycles. The van der Waals surface area contributed by atoms with Crippen molar-refractivity contribution in [3.05, 3.63) is 63.6 Å². The van der Waals surface area contributed by atoms with Crippen molar-refractivity contribution in [3.8, 4) is 11.5 Å². The summed E-state index contributed by atoms with van der Waals surface area (Å²) >= 11 is 7.73. The second-order valence-electron chi connectivity index (χ2n) is 6.44. The molecule has 1 aromatic carbocycles. The molecule has 1 saturated heterocycles. The molecule has 3 aromatic rings. The number of aromatic nitrogens is 2. The number of benzene rings is 1. The van der Waals surface area contributed by atoms with Crippen molar-refractivity contribution in [2.75, 3.05) is 13.1 Å². The lowest BCUT2D eigenvalue weighted by molar-refractivity contribution is -0.127. The Morgan fingerprint density at radius 1 is 1.30 bits per heavy atom. The molecule has 7 heteroatoms. The summed E-state index contributed by atoms with van der Waals surface area (Å²) in [5, 5.41) is 12.9. The maximum atomic E-state index is 12.6. The Morgan fingerprint density at radius 3 is 3.00 bits per heavy atom. The molecule has 3 heterocycles. The van der Waals surface area contributed by atoms with Gasteiger partial charge < -0.3 is 9.32 Å². The lowest BCUT2D eigenvalue weighted by Gasteiger charge is -2.30. The van der Waals surface area contributed by atoms with Gasteiger partial charge in [0.15, 0.2) is 0 Å². The maximum Gasteiger partial charge on any atom is 0.248 e. The standard InChI is InChI=1S/C20H18ClN3O2S/c21-17-6-2-1-4-14(17)7-8-18(25)24-10-3-5-15(12-24)19-22-23-20(26-19)16-9-11-27-13-16/h1-2,4,6-9,11,13,15H,3,5,10,12H2/b8-7+. The Labute approximate surface area is 166 Å². The van der Waals surface area contributed by atoms with E-state index in [9.17, 15) is 4.79 Å². The Bertz CT molecular complexity index is 952. The first-order valence-corrected chi connectivity index (χ1v) is 10.1. The molecule has 27 heavy (non-hydrogen) atoms. The topological polar surface area (TPSA) is 59.2 Å². The van der Waals surface area contributed by atoms with Gasteiger partial charge in [-0.25, -0.2) is 0 Å². The van der Waals surface area contributed by atoms with Crippen molar-refractivity contribution in [1.29, 1.82) is 0 Å². The highest BCUT2D eigenvalue weighted by atomic mass is 35.5. The fourth-order valence-electron chi connectivity index (χ4n) is 3.16.